The molecule has 184 valence electrons. The average molecular weight is 451 g/mol. The monoisotopic (exact) mass is 450 g/mol. The van der Waals surface area contributed by atoms with E-state index in [-0.39, 0.29) is 0 Å². The number of rotatable bonds is 11. The molecular formula is C32H52N+. The van der Waals surface area contributed by atoms with Gasteiger partial charge in [-0.1, -0.05) is 43.4 Å². The van der Waals surface area contributed by atoms with Gasteiger partial charge < -0.3 is 4.48 Å². The van der Waals surface area contributed by atoms with E-state index in [0.29, 0.717) is 40.9 Å². The molecule has 1 heteroatoms. The second-order valence-corrected chi connectivity index (χ2v) is 13.1. The first-order chi connectivity index (χ1) is 15.6. The zero-order valence-electron chi connectivity index (χ0n) is 22.2. The molecule has 0 saturated heterocycles. The van der Waals surface area contributed by atoms with Gasteiger partial charge in [0.15, 0.2) is 0 Å². The molecule has 0 aliphatic heterocycles. The van der Waals surface area contributed by atoms with Crippen LogP contribution in [-0.2, 0) is 0 Å². The fourth-order valence-corrected chi connectivity index (χ4v) is 7.91. The van der Waals surface area contributed by atoms with Gasteiger partial charge in [0.25, 0.3) is 0 Å². The minimum absolute atomic E-state index is 0.368. The number of hydrogen-bond acceptors (Lipinski definition) is 0. The van der Waals surface area contributed by atoms with Crippen LogP contribution in [-0.4, -0.2) is 32.2 Å². The van der Waals surface area contributed by atoms with Crippen molar-refractivity contribution < 1.29 is 4.48 Å². The van der Waals surface area contributed by atoms with Gasteiger partial charge in [0, 0.05) is 5.41 Å². The lowest BCUT2D eigenvalue weighted by Crippen LogP contribution is -2.45. The first kappa shape index (κ1) is 26.3. The lowest BCUT2D eigenvalue weighted by atomic mass is 9.78. The summed E-state index contributed by atoms with van der Waals surface area (Å²) in [5.41, 5.74) is 0.368. The molecule has 0 spiro atoms. The van der Waals surface area contributed by atoms with Crippen molar-refractivity contribution in [1.82, 2.24) is 0 Å². The van der Waals surface area contributed by atoms with Crippen molar-refractivity contribution in [2.45, 2.75) is 58.3 Å². The molecule has 0 aromatic rings. The van der Waals surface area contributed by atoms with E-state index in [9.17, 15) is 0 Å². The van der Waals surface area contributed by atoms with Crippen LogP contribution in [0.15, 0.2) is 62.8 Å². The molecule has 3 rings (SSSR count). The maximum atomic E-state index is 4.22. The summed E-state index contributed by atoms with van der Waals surface area (Å²) in [4.78, 5) is 0. The van der Waals surface area contributed by atoms with Gasteiger partial charge >= 0.3 is 0 Å². The van der Waals surface area contributed by atoms with Crippen LogP contribution in [0, 0.1) is 52.8 Å². The molecule has 3 aliphatic carbocycles. The lowest BCUT2D eigenvalue weighted by molar-refractivity contribution is -0.877. The molecule has 3 aliphatic rings. The van der Waals surface area contributed by atoms with Crippen LogP contribution in [0.4, 0.5) is 0 Å². The number of allylic oxidation sites excluding steroid dienone is 6. The quantitative estimate of drug-likeness (QED) is 0.220. The van der Waals surface area contributed by atoms with Crippen LogP contribution in [0.1, 0.15) is 58.3 Å². The summed E-state index contributed by atoms with van der Waals surface area (Å²) in [5.74, 6) is 5.71. The Balaban J connectivity index is 1.60. The third-order valence-electron chi connectivity index (χ3n) is 9.38. The van der Waals surface area contributed by atoms with Gasteiger partial charge in [-0.15, -0.1) is 26.3 Å². The van der Waals surface area contributed by atoms with Crippen LogP contribution in [0.3, 0.4) is 0 Å². The molecule has 9 unspecified atom stereocenters. The fraction of sp³-hybridized carbons (Fsp3) is 0.688. The maximum Gasteiger partial charge on any atom is 0.0840 e. The topological polar surface area (TPSA) is 0 Å². The second kappa shape index (κ2) is 10.9. The molecular weight excluding hydrogens is 398 g/mol. The van der Waals surface area contributed by atoms with Gasteiger partial charge in [-0.05, 0) is 98.7 Å². The van der Waals surface area contributed by atoms with Gasteiger partial charge in [0.1, 0.15) is 0 Å². The van der Waals surface area contributed by atoms with Crippen LogP contribution in [0.5, 0.6) is 0 Å². The summed E-state index contributed by atoms with van der Waals surface area (Å²) in [6, 6.07) is 0. The molecule has 33 heavy (non-hydrogen) atoms. The Hall–Kier alpha value is -1.34. The average Bonchev–Trinajstić information content (AvgIpc) is 3.43. The highest BCUT2D eigenvalue weighted by Gasteiger charge is 2.45. The van der Waals surface area contributed by atoms with E-state index < -0.39 is 0 Å². The SMILES string of the molecule is C=CC1CC(C=C)C(CCC2CC(/C=C\C3CC(C=C)CC3(C)C[N+](C)(C)C)CC2C=C)C1. The van der Waals surface area contributed by atoms with Crippen LogP contribution >= 0.6 is 0 Å². The second-order valence-electron chi connectivity index (χ2n) is 13.1. The number of nitrogens with zero attached hydrogens (tertiary/aromatic N) is 1. The molecule has 0 N–H and O–H groups in total. The van der Waals surface area contributed by atoms with Crippen molar-refractivity contribution in [3.8, 4) is 0 Å². The summed E-state index contributed by atoms with van der Waals surface area (Å²) < 4.78 is 1.04. The Morgan fingerprint density at radius 1 is 0.697 bits per heavy atom. The number of hydrogen-bond donors (Lipinski definition) is 0. The zero-order valence-corrected chi connectivity index (χ0v) is 22.2. The van der Waals surface area contributed by atoms with Crippen LogP contribution in [0.25, 0.3) is 0 Å². The van der Waals surface area contributed by atoms with E-state index in [4.69, 9.17) is 0 Å². The molecule has 1 nitrogen and oxygen atoms in total. The molecule has 9 atom stereocenters. The molecule has 0 radical (unpaired) electrons. The smallest absolute Gasteiger partial charge is 0.0840 e. The molecule has 0 bridgehead atoms. The first-order valence-electron chi connectivity index (χ1n) is 13.6. The van der Waals surface area contributed by atoms with E-state index in [1.54, 1.807) is 0 Å². The van der Waals surface area contributed by atoms with Crippen molar-refractivity contribution >= 4 is 0 Å². The lowest BCUT2D eigenvalue weighted by Gasteiger charge is -2.37. The van der Waals surface area contributed by atoms with Crippen molar-refractivity contribution in [1.29, 1.82) is 0 Å². The van der Waals surface area contributed by atoms with E-state index in [2.05, 4.69) is 90.8 Å². The molecule has 3 saturated carbocycles. The van der Waals surface area contributed by atoms with Crippen LogP contribution in [0.2, 0.25) is 0 Å². The first-order valence-corrected chi connectivity index (χ1v) is 13.6. The summed E-state index contributed by atoms with van der Waals surface area (Å²) in [6.07, 6.45) is 24.5. The Bertz CT molecular complexity index is 723. The van der Waals surface area contributed by atoms with Crippen molar-refractivity contribution in [2.75, 3.05) is 27.7 Å². The van der Waals surface area contributed by atoms with Crippen LogP contribution < -0.4 is 0 Å². The minimum atomic E-state index is 0.368. The standard InChI is InChI=1S/C32H52N/c1-9-24-17-27(11-3)29(18-24)14-15-30-20-26(19-28(30)12-4)13-16-31-21-25(10-2)22-32(31,5)23-33(6,7)8/h9-13,16,24-31H,1-4,14-15,17-23H2,5-8H3/q+1/b16-13-. The van der Waals surface area contributed by atoms with Gasteiger partial charge in [0.05, 0.1) is 27.7 Å². The number of quaternary nitrogens is 1. The highest BCUT2D eigenvalue weighted by atomic mass is 15.3. The van der Waals surface area contributed by atoms with Crippen molar-refractivity contribution in [2.24, 2.45) is 52.8 Å². The highest BCUT2D eigenvalue weighted by Crippen LogP contribution is 2.50. The molecule has 3 fully saturated rings. The zero-order chi connectivity index (χ0) is 24.2. The van der Waals surface area contributed by atoms with Gasteiger partial charge in [-0.3, -0.25) is 0 Å². The molecule has 0 aromatic carbocycles. The Morgan fingerprint density at radius 2 is 1.24 bits per heavy atom. The maximum absolute atomic E-state index is 4.22. The van der Waals surface area contributed by atoms with E-state index in [1.807, 2.05) is 0 Å². The minimum Gasteiger partial charge on any atom is -0.330 e. The van der Waals surface area contributed by atoms with Gasteiger partial charge in [-0.2, -0.15) is 0 Å². The van der Waals surface area contributed by atoms with E-state index in [0.717, 1.165) is 16.3 Å². The Kier molecular flexibility index (Phi) is 8.71. The van der Waals surface area contributed by atoms with Crippen molar-refractivity contribution in [3.63, 3.8) is 0 Å². The largest absolute Gasteiger partial charge is 0.330 e. The summed E-state index contributed by atoms with van der Waals surface area (Å²) in [5, 5.41) is 0. The molecule has 0 amide bonds. The summed E-state index contributed by atoms with van der Waals surface area (Å²) in [6.45, 7) is 20.3. The summed E-state index contributed by atoms with van der Waals surface area (Å²) in [7, 11) is 7.01. The normalized spacial score (nSPS) is 41.5. The summed E-state index contributed by atoms with van der Waals surface area (Å²) >= 11 is 0. The van der Waals surface area contributed by atoms with Gasteiger partial charge in [0.2, 0.25) is 0 Å². The van der Waals surface area contributed by atoms with Gasteiger partial charge in [-0.25, -0.2) is 0 Å². The third kappa shape index (κ3) is 6.62. The fourth-order valence-electron chi connectivity index (χ4n) is 7.91. The van der Waals surface area contributed by atoms with E-state index >= 15 is 0 Å². The molecule has 0 heterocycles. The predicted octanol–water partition coefficient (Wildman–Crippen LogP) is 8.09. The highest BCUT2D eigenvalue weighted by molar-refractivity contribution is 5.09. The van der Waals surface area contributed by atoms with Crippen molar-refractivity contribution in [3.05, 3.63) is 62.8 Å². The Labute approximate surface area is 206 Å². The van der Waals surface area contributed by atoms with E-state index in [1.165, 1.54) is 57.9 Å². The Morgan fingerprint density at radius 3 is 1.76 bits per heavy atom. The predicted molar refractivity (Wildman–Crippen MR) is 146 cm³/mol. The molecule has 0 aromatic heterocycles. The third-order valence-corrected chi connectivity index (χ3v) is 9.38.